The highest BCUT2D eigenvalue weighted by molar-refractivity contribution is 7.88. The highest BCUT2D eigenvalue weighted by Gasteiger charge is 2.26. The Hall–Kier alpha value is -1.67. The maximum atomic E-state index is 12.2. The molecule has 0 spiro atoms. The van der Waals surface area contributed by atoms with Crippen LogP contribution in [0, 0.1) is 0 Å². The third-order valence-corrected chi connectivity index (χ3v) is 4.77. The van der Waals surface area contributed by atoms with Crippen LogP contribution in [0.25, 0.3) is 0 Å². The van der Waals surface area contributed by atoms with E-state index in [9.17, 15) is 13.2 Å². The average Bonchev–Trinajstić information content (AvgIpc) is 2.47. The summed E-state index contributed by atoms with van der Waals surface area (Å²) in [5.41, 5.74) is 0.792. The van der Waals surface area contributed by atoms with Gasteiger partial charge < -0.3 is 10.2 Å². The number of carbonyl (C=O) groups excluding carboxylic acids is 1. The first kappa shape index (κ1) is 15.7. The lowest BCUT2D eigenvalue weighted by Crippen LogP contribution is -2.53. The van der Waals surface area contributed by atoms with E-state index in [1.54, 1.807) is 11.1 Å². The molecular formula is C13H20N4O3S. The van der Waals surface area contributed by atoms with Crippen LogP contribution in [0.5, 0.6) is 0 Å². The molecule has 0 aliphatic carbocycles. The smallest absolute Gasteiger partial charge is 0.318 e. The summed E-state index contributed by atoms with van der Waals surface area (Å²) in [7, 11) is -3.18. The lowest BCUT2D eigenvalue weighted by atomic mass is 10.2. The summed E-state index contributed by atoms with van der Waals surface area (Å²) in [5, 5.41) is 2.88. The quantitative estimate of drug-likeness (QED) is 0.877. The lowest BCUT2D eigenvalue weighted by molar-refractivity contribution is 0.169. The van der Waals surface area contributed by atoms with Crippen molar-refractivity contribution in [3.05, 3.63) is 30.1 Å². The van der Waals surface area contributed by atoms with Crippen LogP contribution in [0.15, 0.2) is 24.4 Å². The van der Waals surface area contributed by atoms with Gasteiger partial charge in [-0.3, -0.25) is 4.98 Å². The Labute approximate surface area is 125 Å². The van der Waals surface area contributed by atoms with Crippen molar-refractivity contribution in [2.45, 2.75) is 13.0 Å². The fourth-order valence-electron chi connectivity index (χ4n) is 2.21. The number of urea groups is 1. The molecule has 1 aliphatic heterocycles. The van der Waals surface area contributed by atoms with Gasteiger partial charge in [-0.05, 0) is 19.1 Å². The van der Waals surface area contributed by atoms with Crippen molar-refractivity contribution in [1.29, 1.82) is 0 Å². The number of hydrogen-bond donors (Lipinski definition) is 1. The van der Waals surface area contributed by atoms with Crippen molar-refractivity contribution in [1.82, 2.24) is 19.5 Å². The van der Waals surface area contributed by atoms with Crippen LogP contribution in [-0.2, 0) is 10.0 Å². The van der Waals surface area contributed by atoms with Crippen LogP contribution < -0.4 is 5.32 Å². The van der Waals surface area contributed by atoms with E-state index in [0.29, 0.717) is 26.2 Å². The summed E-state index contributed by atoms with van der Waals surface area (Å²) < 4.78 is 24.2. The Kier molecular flexibility index (Phi) is 4.79. The SMILES string of the molecule is C[C@@H](NC(=O)N1CCN(S(C)(=O)=O)CC1)c1ccccn1. The van der Waals surface area contributed by atoms with Gasteiger partial charge in [-0.25, -0.2) is 13.2 Å². The minimum atomic E-state index is -3.18. The number of pyridine rings is 1. The van der Waals surface area contributed by atoms with E-state index in [0.717, 1.165) is 5.69 Å². The van der Waals surface area contributed by atoms with Gasteiger partial charge >= 0.3 is 6.03 Å². The van der Waals surface area contributed by atoms with Crippen LogP contribution in [0.4, 0.5) is 4.79 Å². The maximum absolute atomic E-state index is 12.2. The van der Waals surface area contributed by atoms with Gasteiger partial charge in [0.15, 0.2) is 0 Å². The van der Waals surface area contributed by atoms with Gasteiger partial charge in [-0.15, -0.1) is 0 Å². The Bertz CT molecular complexity index is 583. The molecule has 0 unspecified atom stereocenters. The molecule has 1 aliphatic rings. The van der Waals surface area contributed by atoms with Crippen LogP contribution >= 0.6 is 0 Å². The minimum Gasteiger partial charge on any atom is -0.330 e. The number of sulfonamides is 1. The third kappa shape index (κ3) is 4.15. The topological polar surface area (TPSA) is 82.6 Å². The second-order valence-electron chi connectivity index (χ2n) is 5.07. The molecule has 116 valence electrons. The highest BCUT2D eigenvalue weighted by atomic mass is 32.2. The summed E-state index contributed by atoms with van der Waals surface area (Å²) in [6.45, 7) is 3.34. The van der Waals surface area contributed by atoms with Crippen molar-refractivity contribution in [2.75, 3.05) is 32.4 Å². The molecule has 8 heteroatoms. The van der Waals surface area contributed by atoms with Gasteiger partial charge in [-0.1, -0.05) is 6.07 Å². The van der Waals surface area contributed by atoms with Gasteiger partial charge in [0, 0.05) is 32.4 Å². The molecule has 1 atom stereocenters. The van der Waals surface area contributed by atoms with Crippen molar-refractivity contribution in [2.24, 2.45) is 0 Å². The van der Waals surface area contributed by atoms with Crippen LogP contribution in [0.2, 0.25) is 0 Å². The van der Waals surface area contributed by atoms with E-state index >= 15 is 0 Å². The first-order valence-electron chi connectivity index (χ1n) is 6.79. The summed E-state index contributed by atoms with van der Waals surface area (Å²) in [6, 6.07) is 5.16. The van der Waals surface area contributed by atoms with E-state index in [-0.39, 0.29) is 12.1 Å². The van der Waals surface area contributed by atoms with E-state index in [2.05, 4.69) is 10.3 Å². The Morgan fingerprint density at radius 1 is 1.29 bits per heavy atom. The largest absolute Gasteiger partial charge is 0.330 e. The van der Waals surface area contributed by atoms with Crippen molar-refractivity contribution >= 4 is 16.1 Å². The molecule has 1 fully saturated rings. The van der Waals surface area contributed by atoms with Crippen molar-refractivity contribution < 1.29 is 13.2 Å². The zero-order valence-corrected chi connectivity index (χ0v) is 13.0. The molecule has 0 bridgehead atoms. The Morgan fingerprint density at radius 2 is 1.95 bits per heavy atom. The molecule has 1 saturated heterocycles. The Balaban J connectivity index is 1.88. The number of piperazine rings is 1. The molecule has 0 radical (unpaired) electrons. The number of rotatable bonds is 3. The van der Waals surface area contributed by atoms with Crippen LogP contribution in [0.1, 0.15) is 18.7 Å². The van der Waals surface area contributed by atoms with E-state index in [4.69, 9.17) is 0 Å². The second-order valence-corrected chi connectivity index (χ2v) is 7.06. The summed E-state index contributed by atoms with van der Waals surface area (Å²) in [6.07, 6.45) is 2.87. The van der Waals surface area contributed by atoms with Gasteiger partial charge in [0.25, 0.3) is 0 Å². The third-order valence-electron chi connectivity index (χ3n) is 3.47. The number of hydrogen-bond acceptors (Lipinski definition) is 4. The normalized spacial score (nSPS) is 18.3. The number of aromatic nitrogens is 1. The fourth-order valence-corrected chi connectivity index (χ4v) is 3.03. The molecule has 2 amide bonds. The van der Waals surface area contributed by atoms with Gasteiger partial charge in [-0.2, -0.15) is 4.31 Å². The highest BCUT2D eigenvalue weighted by Crippen LogP contribution is 2.10. The van der Waals surface area contributed by atoms with E-state index in [1.165, 1.54) is 10.6 Å². The first-order chi connectivity index (χ1) is 9.88. The second kappa shape index (κ2) is 6.40. The monoisotopic (exact) mass is 312 g/mol. The molecule has 1 N–H and O–H groups in total. The zero-order chi connectivity index (χ0) is 15.5. The predicted octanol–water partition coefficient (Wildman–Crippen LogP) is 0.429. The fraction of sp³-hybridized carbons (Fsp3) is 0.538. The number of amides is 2. The number of nitrogens with one attached hydrogen (secondary N) is 1. The van der Waals surface area contributed by atoms with Crippen molar-refractivity contribution in [3.8, 4) is 0 Å². The summed E-state index contributed by atoms with van der Waals surface area (Å²) >= 11 is 0. The van der Waals surface area contributed by atoms with Gasteiger partial charge in [0.1, 0.15) is 0 Å². The van der Waals surface area contributed by atoms with E-state index < -0.39 is 10.0 Å². The van der Waals surface area contributed by atoms with Crippen LogP contribution in [0.3, 0.4) is 0 Å². The molecule has 0 saturated carbocycles. The molecule has 2 heterocycles. The summed E-state index contributed by atoms with van der Waals surface area (Å²) in [5.74, 6) is 0. The number of carbonyl (C=O) groups is 1. The van der Waals surface area contributed by atoms with Crippen molar-refractivity contribution in [3.63, 3.8) is 0 Å². The van der Waals surface area contributed by atoms with E-state index in [1.807, 2.05) is 25.1 Å². The molecule has 1 aromatic heterocycles. The summed E-state index contributed by atoms with van der Waals surface area (Å²) in [4.78, 5) is 18.0. The standard InChI is InChI=1S/C13H20N4O3S/c1-11(12-5-3-4-6-14-12)15-13(18)16-7-9-17(10-8-16)21(2,19)20/h3-6,11H,7-10H2,1-2H3,(H,15,18)/t11-/m1/s1. The first-order valence-corrected chi connectivity index (χ1v) is 8.64. The minimum absolute atomic E-state index is 0.188. The van der Waals surface area contributed by atoms with Gasteiger partial charge in [0.2, 0.25) is 10.0 Å². The molecule has 21 heavy (non-hydrogen) atoms. The molecule has 0 aromatic carbocycles. The molecular weight excluding hydrogens is 292 g/mol. The Morgan fingerprint density at radius 3 is 2.48 bits per heavy atom. The number of nitrogens with zero attached hydrogens (tertiary/aromatic N) is 3. The molecule has 7 nitrogen and oxygen atoms in total. The molecule has 1 aromatic rings. The zero-order valence-electron chi connectivity index (χ0n) is 12.2. The predicted molar refractivity (Wildman–Crippen MR) is 79.2 cm³/mol. The van der Waals surface area contributed by atoms with Gasteiger partial charge in [0.05, 0.1) is 18.0 Å². The lowest BCUT2D eigenvalue weighted by Gasteiger charge is -2.33. The van der Waals surface area contributed by atoms with Crippen LogP contribution in [-0.4, -0.2) is 61.1 Å². The molecule has 2 rings (SSSR count). The average molecular weight is 312 g/mol. The maximum Gasteiger partial charge on any atom is 0.318 e.